The molecule has 0 aliphatic rings. The highest BCUT2D eigenvalue weighted by atomic mass is 15.1. The van der Waals surface area contributed by atoms with Crippen LogP contribution in [-0.4, -0.2) is 19.8 Å². The van der Waals surface area contributed by atoms with Gasteiger partial charge in [-0.3, -0.25) is 5.32 Å². The molecule has 0 aromatic heterocycles. The van der Waals surface area contributed by atoms with Crippen molar-refractivity contribution in [3.8, 4) is 0 Å². The molecule has 8 heavy (non-hydrogen) atoms. The van der Waals surface area contributed by atoms with Crippen LogP contribution in [0.5, 0.6) is 0 Å². The maximum absolute atomic E-state index is 3.33. The average Bonchev–Trinajstić information content (AvgIpc) is 1.83. The molecule has 1 atom stereocenters. The molecule has 0 aromatic rings. The molecule has 1 unspecified atom stereocenters. The van der Waals surface area contributed by atoms with Crippen molar-refractivity contribution in [2.45, 2.75) is 26.4 Å². The predicted molar refractivity (Wildman–Crippen MR) is 35.6 cm³/mol. The Morgan fingerprint density at radius 3 is 2.62 bits per heavy atom. The molecule has 0 heterocycles. The molecule has 0 aromatic carbocycles. The lowest BCUT2D eigenvalue weighted by Gasteiger charge is -2.06. The van der Waals surface area contributed by atoms with Gasteiger partial charge in [-0.05, 0) is 6.42 Å². The standard InChI is InChI=1S/C6H16N2/c1-4-5-8-6(2)7-3/h6-8H,4-5H2,1-3H3/p+1. The average molecular weight is 117 g/mol. The summed E-state index contributed by atoms with van der Waals surface area (Å²) in [6.45, 7) is 5.47. The van der Waals surface area contributed by atoms with Crippen molar-refractivity contribution in [1.82, 2.24) is 5.32 Å². The molecule has 0 fully saturated rings. The summed E-state index contributed by atoms with van der Waals surface area (Å²) in [4.78, 5) is 0. The van der Waals surface area contributed by atoms with Gasteiger partial charge in [-0.15, -0.1) is 0 Å². The molecule has 0 rings (SSSR count). The van der Waals surface area contributed by atoms with Crippen molar-refractivity contribution in [1.29, 1.82) is 0 Å². The number of hydrogen-bond donors (Lipinski definition) is 2. The highest BCUT2D eigenvalue weighted by Crippen LogP contribution is 1.69. The Balaban J connectivity index is 2.86. The third-order valence-corrected chi connectivity index (χ3v) is 1.22. The van der Waals surface area contributed by atoms with Gasteiger partial charge in [0.25, 0.3) is 0 Å². The molecule has 0 amide bonds. The summed E-state index contributed by atoms with van der Waals surface area (Å²) in [7, 11) is 2.08. The number of hydrogen-bond acceptors (Lipinski definition) is 1. The number of quaternary nitrogens is 1. The first kappa shape index (κ1) is 7.92. The molecular formula is C6H17N2+. The van der Waals surface area contributed by atoms with Crippen LogP contribution in [0.2, 0.25) is 0 Å². The van der Waals surface area contributed by atoms with E-state index >= 15 is 0 Å². The quantitative estimate of drug-likeness (QED) is 0.479. The Kier molecular flexibility index (Phi) is 5.01. The molecule has 0 bridgehead atoms. The molecule has 2 nitrogen and oxygen atoms in total. The van der Waals surface area contributed by atoms with Crippen molar-refractivity contribution >= 4 is 0 Å². The van der Waals surface area contributed by atoms with Gasteiger partial charge >= 0.3 is 0 Å². The van der Waals surface area contributed by atoms with E-state index in [0.29, 0.717) is 6.17 Å². The van der Waals surface area contributed by atoms with Crippen molar-refractivity contribution in [2.24, 2.45) is 0 Å². The summed E-state index contributed by atoms with van der Waals surface area (Å²) in [6.07, 6.45) is 1.80. The molecule has 0 saturated heterocycles. The van der Waals surface area contributed by atoms with Crippen LogP contribution in [-0.2, 0) is 0 Å². The third-order valence-electron chi connectivity index (χ3n) is 1.22. The molecule has 0 radical (unpaired) electrons. The van der Waals surface area contributed by atoms with Crippen molar-refractivity contribution < 1.29 is 5.32 Å². The maximum atomic E-state index is 3.33. The number of nitrogens with two attached hydrogens (primary N) is 1. The molecule has 3 N–H and O–H groups in total. The van der Waals surface area contributed by atoms with E-state index in [9.17, 15) is 0 Å². The summed E-state index contributed by atoms with van der Waals surface area (Å²) >= 11 is 0. The Morgan fingerprint density at radius 2 is 2.25 bits per heavy atom. The van der Waals surface area contributed by atoms with E-state index < -0.39 is 0 Å². The van der Waals surface area contributed by atoms with Gasteiger partial charge in [-0.1, -0.05) is 6.92 Å². The van der Waals surface area contributed by atoms with Crippen LogP contribution in [0.4, 0.5) is 0 Å². The van der Waals surface area contributed by atoms with Gasteiger partial charge in [-0.25, -0.2) is 0 Å². The summed E-state index contributed by atoms with van der Waals surface area (Å²) in [5, 5.41) is 5.49. The first-order valence-corrected chi connectivity index (χ1v) is 3.34. The van der Waals surface area contributed by atoms with Gasteiger partial charge in [0, 0.05) is 13.5 Å². The van der Waals surface area contributed by atoms with Crippen LogP contribution < -0.4 is 10.6 Å². The van der Waals surface area contributed by atoms with Crippen LogP contribution in [0.1, 0.15) is 20.3 Å². The summed E-state index contributed by atoms with van der Waals surface area (Å²) < 4.78 is 0. The van der Waals surface area contributed by atoms with Crippen LogP contribution in [0.15, 0.2) is 0 Å². The zero-order valence-electron chi connectivity index (χ0n) is 6.07. The second kappa shape index (κ2) is 5.06. The van der Waals surface area contributed by atoms with E-state index in [1.165, 1.54) is 6.42 Å². The van der Waals surface area contributed by atoms with E-state index in [1.807, 2.05) is 0 Å². The zero-order valence-corrected chi connectivity index (χ0v) is 6.07. The Bertz CT molecular complexity index is 45.8. The molecule has 0 aliphatic carbocycles. The largest absolute Gasteiger partial charge is 0.334 e. The Hall–Kier alpha value is -0.0800. The molecule has 0 spiro atoms. The summed E-state index contributed by atoms with van der Waals surface area (Å²) in [5.41, 5.74) is 0. The zero-order chi connectivity index (χ0) is 6.41. The first-order valence-electron chi connectivity index (χ1n) is 3.34. The van der Waals surface area contributed by atoms with E-state index in [4.69, 9.17) is 0 Å². The van der Waals surface area contributed by atoms with Crippen LogP contribution in [0.3, 0.4) is 0 Å². The van der Waals surface area contributed by atoms with Gasteiger partial charge in [0.1, 0.15) is 6.17 Å². The van der Waals surface area contributed by atoms with Gasteiger partial charge in [0.2, 0.25) is 0 Å². The van der Waals surface area contributed by atoms with E-state index in [0.717, 1.165) is 6.54 Å². The molecule has 0 saturated carbocycles. The lowest BCUT2D eigenvalue weighted by atomic mass is 10.4. The second-order valence-corrected chi connectivity index (χ2v) is 2.08. The fraction of sp³-hybridized carbons (Fsp3) is 1.00. The third kappa shape index (κ3) is 4.09. The minimum Gasteiger partial charge on any atom is -0.334 e. The number of rotatable bonds is 4. The van der Waals surface area contributed by atoms with E-state index in [2.05, 4.69) is 31.5 Å². The highest BCUT2D eigenvalue weighted by molar-refractivity contribution is 4.40. The van der Waals surface area contributed by atoms with E-state index in [-0.39, 0.29) is 0 Å². The van der Waals surface area contributed by atoms with Crippen LogP contribution >= 0.6 is 0 Å². The highest BCUT2D eigenvalue weighted by Gasteiger charge is 1.94. The minimum absolute atomic E-state index is 0.579. The van der Waals surface area contributed by atoms with Crippen molar-refractivity contribution in [3.05, 3.63) is 0 Å². The van der Waals surface area contributed by atoms with Crippen molar-refractivity contribution in [3.63, 3.8) is 0 Å². The fourth-order valence-corrected chi connectivity index (χ4v) is 0.490. The lowest BCUT2D eigenvalue weighted by Crippen LogP contribution is -2.88. The van der Waals surface area contributed by atoms with Gasteiger partial charge in [-0.2, -0.15) is 0 Å². The smallest absolute Gasteiger partial charge is 0.136 e. The summed E-state index contributed by atoms with van der Waals surface area (Å²) in [6, 6.07) is 0. The van der Waals surface area contributed by atoms with Gasteiger partial charge in [0.15, 0.2) is 0 Å². The first-order chi connectivity index (χ1) is 3.81. The van der Waals surface area contributed by atoms with Crippen LogP contribution in [0, 0.1) is 0 Å². The molecule has 50 valence electrons. The number of nitrogens with one attached hydrogen (secondary N) is 1. The van der Waals surface area contributed by atoms with Gasteiger partial charge in [0.05, 0.1) is 7.05 Å². The SMILES string of the molecule is CCCNC(C)[NH2+]C. The predicted octanol–water partition coefficient (Wildman–Crippen LogP) is -0.475. The molecule has 2 heteroatoms. The Labute approximate surface area is 51.7 Å². The Morgan fingerprint density at radius 1 is 1.62 bits per heavy atom. The van der Waals surface area contributed by atoms with Crippen LogP contribution in [0.25, 0.3) is 0 Å². The topological polar surface area (TPSA) is 28.6 Å². The normalized spacial score (nSPS) is 13.9. The molecule has 0 aliphatic heterocycles. The lowest BCUT2D eigenvalue weighted by molar-refractivity contribution is -0.665. The van der Waals surface area contributed by atoms with Crippen molar-refractivity contribution in [2.75, 3.05) is 13.6 Å². The fourth-order valence-electron chi connectivity index (χ4n) is 0.490. The molecular weight excluding hydrogens is 100 g/mol. The summed E-state index contributed by atoms with van der Waals surface area (Å²) in [5.74, 6) is 0. The monoisotopic (exact) mass is 117 g/mol. The second-order valence-electron chi connectivity index (χ2n) is 2.08. The minimum atomic E-state index is 0.579. The van der Waals surface area contributed by atoms with E-state index in [1.54, 1.807) is 0 Å². The van der Waals surface area contributed by atoms with Gasteiger partial charge < -0.3 is 5.32 Å². The maximum Gasteiger partial charge on any atom is 0.136 e.